The van der Waals surface area contributed by atoms with E-state index in [0.29, 0.717) is 12.3 Å². The molecule has 0 heterocycles. The topological polar surface area (TPSA) is 55.1 Å². The zero-order valence-corrected chi connectivity index (χ0v) is 12.5. The van der Waals surface area contributed by atoms with Crippen LogP contribution in [0.1, 0.15) is 25.8 Å². The Morgan fingerprint density at radius 1 is 1.05 bits per heavy atom. The Morgan fingerprint density at radius 3 is 2.05 bits per heavy atom. The summed E-state index contributed by atoms with van der Waals surface area (Å²) in [5, 5.41) is 3.37. The molecule has 0 saturated carbocycles. The van der Waals surface area contributed by atoms with E-state index >= 15 is 0 Å². The van der Waals surface area contributed by atoms with Crippen molar-refractivity contribution in [3.05, 3.63) is 66.2 Å². The standard InChI is InChI=1S/C18H22N2O/c1-14(2)13-18(17(19)21,15-9-5-3-6-10-15)20-16-11-7-4-8-12-16/h3-12,14,20H,13H2,1-2H3,(H2,19,21). The molecule has 0 spiro atoms. The number of carbonyl (C=O) groups excluding carboxylic acids is 1. The van der Waals surface area contributed by atoms with E-state index in [1.165, 1.54) is 0 Å². The lowest BCUT2D eigenvalue weighted by atomic mass is 9.81. The SMILES string of the molecule is CC(C)CC(Nc1ccccc1)(C(N)=O)c1ccccc1. The van der Waals surface area contributed by atoms with Gasteiger partial charge in [0.25, 0.3) is 0 Å². The molecule has 0 bridgehead atoms. The molecule has 2 aromatic carbocycles. The molecule has 110 valence electrons. The minimum atomic E-state index is -0.892. The molecule has 0 aliphatic carbocycles. The Hall–Kier alpha value is -2.29. The first-order valence-corrected chi connectivity index (χ1v) is 7.23. The van der Waals surface area contributed by atoms with E-state index in [2.05, 4.69) is 19.2 Å². The van der Waals surface area contributed by atoms with Crippen LogP contribution in [0.5, 0.6) is 0 Å². The molecule has 0 aromatic heterocycles. The Kier molecular flexibility index (Phi) is 4.63. The number of benzene rings is 2. The molecule has 2 aromatic rings. The van der Waals surface area contributed by atoms with E-state index < -0.39 is 5.54 Å². The van der Waals surface area contributed by atoms with E-state index in [1.807, 2.05) is 60.7 Å². The summed E-state index contributed by atoms with van der Waals surface area (Å²) in [6.45, 7) is 4.18. The molecule has 1 atom stereocenters. The summed E-state index contributed by atoms with van der Waals surface area (Å²) in [7, 11) is 0. The molecule has 3 N–H and O–H groups in total. The van der Waals surface area contributed by atoms with Gasteiger partial charge in [-0.25, -0.2) is 0 Å². The highest BCUT2D eigenvalue weighted by Crippen LogP contribution is 2.32. The van der Waals surface area contributed by atoms with Gasteiger partial charge in [0.2, 0.25) is 5.91 Å². The van der Waals surface area contributed by atoms with Crippen LogP contribution < -0.4 is 11.1 Å². The molecule has 1 amide bonds. The van der Waals surface area contributed by atoms with Crippen LogP contribution in [0.15, 0.2) is 60.7 Å². The monoisotopic (exact) mass is 282 g/mol. The van der Waals surface area contributed by atoms with Crippen molar-refractivity contribution in [1.29, 1.82) is 0 Å². The second-order valence-electron chi connectivity index (χ2n) is 5.72. The molecule has 0 saturated heterocycles. The van der Waals surface area contributed by atoms with Gasteiger partial charge < -0.3 is 11.1 Å². The van der Waals surface area contributed by atoms with E-state index in [4.69, 9.17) is 5.73 Å². The Labute approximate surface area is 126 Å². The molecule has 3 heteroatoms. The normalized spacial score (nSPS) is 13.7. The van der Waals surface area contributed by atoms with Crippen molar-refractivity contribution in [2.45, 2.75) is 25.8 Å². The van der Waals surface area contributed by atoms with Crippen LogP contribution in [-0.4, -0.2) is 5.91 Å². The van der Waals surface area contributed by atoms with Gasteiger partial charge in [-0.2, -0.15) is 0 Å². The second-order valence-corrected chi connectivity index (χ2v) is 5.72. The number of amides is 1. The average Bonchev–Trinajstić information content (AvgIpc) is 2.48. The van der Waals surface area contributed by atoms with Gasteiger partial charge in [0.05, 0.1) is 0 Å². The maximum atomic E-state index is 12.3. The van der Waals surface area contributed by atoms with Gasteiger partial charge >= 0.3 is 0 Å². The van der Waals surface area contributed by atoms with Crippen LogP contribution in [0.25, 0.3) is 0 Å². The van der Waals surface area contributed by atoms with Gasteiger partial charge in [-0.1, -0.05) is 62.4 Å². The highest BCUT2D eigenvalue weighted by molar-refractivity contribution is 5.89. The van der Waals surface area contributed by atoms with Crippen molar-refractivity contribution in [1.82, 2.24) is 0 Å². The van der Waals surface area contributed by atoms with Gasteiger partial charge in [-0.15, -0.1) is 0 Å². The zero-order chi connectivity index (χ0) is 15.3. The first-order chi connectivity index (χ1) is 10.0. The minimum absolute atomic E-state index is 0.328. The van der Waals surface area contributed by atoms with Crippen molar-refractivity contribution in [3.8, 4) is 0 Å². The molecule has 0 aliphatic rings. The highest BCUT2D eigenvalue weighted by Gasteiger charge is 2.39. The Morgan fingerprint density at radius 2 is 1.57 bits per heavy atom. The highest BCUT2D eigenvalue weighted by atomic mass is 16.1. The summed E-state index contributed by atoms with van der Waals surface area (Å²) in [6, 6.07) is 19.4. The molecule has 1 unspecified atom stereocenters. The predicted molar refractivity (Wildman–Crippen MR) is 86.8 cm³/mol. The number of nitrogens with one attached hydrogen (secondary N) is 1. The van der Waals surface area contributed by atoms with Crippen LogP contribution in [0.4, 0.5) is 5.69 Å². The molecule has 2 rings (SSSR count). The number of hydrogen-bond acceptors (Lipinski definition) is 2. The lowest BCUT2D eigenvalue weighted by Crippen LogP contribution is -2.48. The third-order valence-electron chi connectivity index (χ3n) is 3.53. The third kappa shape index (κ3) is 3.43. The van der Waals surface area contributed by atoms with E-state index in [-0.39, 0.29) is 5.91 Å². The van der Waals surface area contributed by atoms with Gasteiger partial charge in [-0.05, 0) is 30.0 Å². The number of anilines is 1. The number of rotatable bonds is 6. The van der Waals surface area contributed by atoms with E-state index in [1.54, 1.807) is 0 Å². The maximum absolute atomic E-state index is 12.3. The van der Waals surface area contributed by atoms with Crippen molar-refractivity contribution >= 4 is 11.6 Å². The largest absolute Gasteiger partial charge is 0.368 e. The minimum Gasteiger partial charge on any atom is -0.368 e. The quantitative estimate of drug-likeness (QED) is 0.851. The Balaban J connectivity index is 2.48. The smallest absolute Gasteiger partial charge is 0.247 e. The number of nitrogens with two attached hydrogens (primary N) is 1. The first kappa shape index (κ1) is 15.1. The fraction of sp³-hybridized carbons (Fsp3) is 0.278. The summed E-state index contributed by atoms with van der Waals surface area (Å²) < 4.78 is 0. The summed E-state index contributed by atoms with van der Waals surface area (Å²) in [4.78, 5) is 12.3. The molecule has 21 heavy (non-hydrogen) atoms. The van der Waals surface area contributed by atoms with Gasteiger partial charge in [0.1, 0.15) is 5.54 Å². The predicted octanol–water partition coefficient (Wildman–Crippen LogP) is 3.53. The van der Waals surface area contributed by atoms with Crippen LogP contribution in [0.2, 0.25) is 0 Å². The average molecular weight is 282 g/mol. The maximum Gasteiger partial charge on any atom is 0.247 e. The number of primary amides is 1. The van der Waals surface area contributed by atoms with Crippen LogP contribution in [0, 0.1) is 5.92 Å². The summed E-state index contributed by atoms with van der Waals surface area (Å²) in [6.07, 6.45) is 0.640. The van der Waals surface area contributed by atoms with Crippen molar-refractivity contribution in [2.75, 3.05) is 5.32 Å². The Bertz CT molecular complexity index is 581. The van der Waals surface area contributed by atoms with Crippen molar-refractivity contribution in [2.24, 2.45) is 11.7 Å². The molecule has 3 nitrogen and oxygen atoms in total. The number of para-hydroxylation sites is 1. The van der Waals surface area contributed by atoms with Crippen LogP contribution in [0.3, 0.4) is 0 Å². The number of carbonyl (C=O) groups is 1. The molecule has 0 aliphatic heterocycles. The summed E-state index contributed by atoms with van der Waals surface area (Å²) in [5.41, 5.74) is 6.69. The summed E-state index contributed by atoms with van der Waals surface area (Å²) >= 11 is 0. The first-order valence-electron chi connectivity index (χ1n) is 7.23. The van der Waals surface area contributed by atoms with Crippen LogP contribution in [-0.2, 0) is 10.3 Å². The molecular formula is C18H22N2O. The van der Waals surface area contributed by atoms with Crippen molar-refractivity contribution < 1.29 is 4.79 Å². The fourth-order valence-electron chi connectivity index (χ4n) is 2.65. The van der Waals surface area contributed by atoms with Gasteiger partial charge in [0, 0.05) is 5.69 Å². The van der Waals surface area contributed by atoms with Gasteiger partial charge in [0.15, 0.2) is 0 Å². The zero-order valence-electron chi connectivity index (χ0n) is 12.5. The van der Waals surface area contributed by atoms with Crippen molar-refractivity contribution in [3.63, 3.8) is 0 Å². The van der Waals surface area contributed by atoms with Crippen LogP contribution >= 0.6 is 0 Å². The van der Waals surface area contributed by atoms with Gasteiger partial charge in [-0.3, -0.25) is 4.79 Å². The van der Waals surface area contributed by atoms with E-state index in [9.17, 15) is 4.79 Å². The fourth-order valence-corrected chi connectivity index (χ4v) is 2.65. The molecule has 0 radical (unpaired) electrons. The summed E-state index contributed by atoms with van der Waals surface area (Å²) in [5.74, 6) is -0.0276. The molecule has 0 fully saturated rings. The second kappa shape index (κ2) is 6.44. The lowest BCUT2D eigenvalue weighted by molar-refractivity contribution is -0.123. The lowest BCUT2D eigenvalue weighted by Gasteiger charge is -2.35. The molecular weight excluding hydrogens is 260 g/mol. The number of hydrogen-bond donors (Lipinski definition) is 2. The van der Waals surface area contributed by atoms with E-state index in [0.717, 1.165) is 11.3 Å². The third-order valence-corrected chi connectivity index (χ3v) is 3.53.